The van der Waals surface area contributed by atoms with Crippen molar-refractivity contribution in [1.82, 2.24) is 4.72 Å². The summed E-state index contributed by atoms with van der Waals surface area (Å²) >= 11 is 6.41. The van der Waals surface area contributed by atoms with Crippen molar-refractivity contribution in [3.8, 4) is 11.8 Å². The van der Waals surface area contributed by atoms with E-state index in [1.165, 1.54) is 17.2 Å². The highest BCUT2D eigenvalue weighted by Gasteiger charge is 2.59. The van der Waals surface area contributed by atoms with E-state index >= 15 is 0 Å². The Kier molecular flexibility index (Phi) is 7.65. The summed E-state index contributed by atoms with van der Waals surface area (Å²) in [5, 5.41) is 22.8. The standard InChI is InChI=1S/C35H42ClN3O5S/c1-21-14-25-16-30(25)35(41,12-13-37)29-8-5-24(29)18-39-19-34(11-3-4-23-15-26(36)6-9-28(23)34)20-44-32-10-7-27(17-31(32)39)45(42,43)38-33(40)22(21)2/h6-7,9-10,15,17,21-22,24-25,29-30,41H,3-5,8,11-12,14,16,18-20H2,1-2H3,(H,38,40)/t21-,22+,24-,25?,29+,30?,34-,35+/m0/s1. The van der Waals surface area contributed by atoms with E-state index in [4.69, 9.17) is 16.3 Å². The van der Waals surface area contributed by atoms with Gasteiger partial charge in [0.05, 0.1) is 35.3 Å². The summed E-state index contributed by atoms with van der Waals surface area (Å²) in [7, 11) is -4.13. The average Bonchev–Trinajstić information content (AvgIpc) is 3.78. The molecule has 2 N–H and O–H groups in total. The molecule has 240 valence electrons. The fourth-order valence-corrected chi connectivity index (χ4v) is 10.3. The molecule has 0 saturated heterocycles. The first kappa shape index (κ1) is 30.8. The van der Waals surface area contributed by atoms with E-state index in [0.29, 0.717) is 42.6 Å². The number of benzene rings is 2. The van der Waals surface area contributed by atoms with Crippen LogP contribution in [0.25, 0.3) is 0 Å². The van der Waals surface area contributed by atoms with Gasteiger partial charge >= 0.3 is 0 Å². The number of fused-ring (bicyclic) bond motifs is 5. The molecule has 2 saturated carbocycles. The Morgan fingerprint density at radius 3 is 2.71 bits per heavy atom. The first-order valence-corrected chi connectivity index (χ1v) is 18.3. The van der Waals surface area contributed by atoms with Gasteiger partial charge in [-0.15, -0.1) is 0 Å². The fourth-order valence-electron chi connectivity index (χ4n) is 9.00. The number of nitrogens with zero attached hydrogens (tertiary/aromatic N) is 2. The van der Waals surface area contributed by atoms with E-state index in [0.717, 1.165) is 38.5 Å². The molecule has 10 heteroatoms. The summed E-state index contributed by atoms with van der Waals surface area (Å²) in [6.07, 6.45) is 6.27. The number of anilines is 1. The van der Waals surface area contributed by atoms with Gasteiger partial charge < -0.3 is 14.7 Å². The summed E-state index contributed by atoms with van der Waals surface area (Å²) in [5.74, 6) is -0.202. The van der Waals surface area contributed by atoms with Crippen LogP contribution in [-0.2, 0) is 26.7 Å². The van der Waals surface area contributed by atoms with Crippen LogP contribution in [0.1, 0.15) is 69.9 Å². The molecular formula is C35H42ClN3O5S. The molecule has 2 heterocycles. The first-order valence-electron chi connectivity index (χ1n) is 16.4. The highest BCUT2D eigenvalue weighted by Crippen LogP contribution is 2.59. The second-order valence-corrected chi connectivity index (χ2v) is 16.7. The number of carbonyl (C=O) groups excluding carboxylic acids is 1. The number of hydrogen-bond acceptors (Lipinski definition) is 7. The summed E-state index contributed by atoms with van der Waals surface area (Å²) in [4.78, 5) is 15.5. The number of carbonyl (C=O) groups is 1. The van der Waals surface area contributed by atoms with Crippen LogP contribution in [0, 0.1) is 46.8 Å². The molecule has 45 heavy (non-hydrogen) atoms. The van der Waals surface area contributed by atoms with Gasteiger partial charge in [0.25, 0.3) is 10.0 Å². The van der Waals surface area contributed by atoms with Gasteiger partial charge in [0.2, 0.25) is 5.91 Å². The van der Waals surface area contributed by atoms with Crippen LogP contribution in [-0.4, -0.2) is 44.7 Å². The normalized spacial score (nSPS) is 37.0. The molecule has 1 amide bonds. The number of nitriles is 1. The predicted molar refractivity (Wildman–Crippen MR) is 171 cm³/mol. The lowest BCUT2D eigenvalue weighted by atomic mass is 9.61. The van der Waals surface area contributed by atoms with Crippen molar-refractivity contribution in [3.05, 3.63) is 52.5 Å². The molecule has 5 aliphatic rings. The Morgan fingerprint density at radius 1 is 1.13 bits per heavy atom. The van der Waals surface area contributed by atoms with Crippen LogP contribution in [0.5, 0.6) is 5.75 Å². The Hall–Kier alpha value is -2.80. The van der Waals surface area contributed by atoms with Crippen LogP contribution in [0.4, 0.5) is 5.69 Å². The minimum atomic E-state index is -4.13. The quantitative estimate of drug-likeness (QED) is 0.412. The topological polar surface area (TPSA) is 120 Å². The minimum absolute atomic E-state index is 0.00645. The molecule has 2 aliphatic heterocycles. The van der Waals surface area contributed by atoms with E-state index in [9.17, 15) is 23.6 Å². The molecule has 8 nitrogen and oxygen atoms in total. The van der Waals surface area contributed by atoms with Gasteiger partial charge in [0.15, 0.2) is 0 Å². The first-order chi connectivity index (χ1) is 21.4. The summed E-state index contributed by atoms with van der Waals surface area (Å²) in [6.45, 7) is 5.40. The third kappa shape index (κ3) is 5.31. The molecule has 7 rings (SSSR count). The zero-order valence-corrected chi connectivity index (χ0v) is 27.5. The van der Waals surface area contributed by atoms with Crippen molar-refractivity contribution in [3.63, 3.8) is 0 Å². The van der Waals surface area contributed by atoms with Crippen LogP contribution in [0.2, 0.25) is 5.02 Å². The lowest BCUT2D eigenvalue weighted by molar-refractivity contribution is -0.124. The van der Waals surface area contributed by atoms with Crippen LogP contribution >= 0.6 is 11.6 Å². The van der Waals surface area contributed by atoms with Gasteiger partial charge in [-0.3, -0.25) is 4.79 Å². The Labute approximate surface area is 271 Å². The molecule has 2 aromatic rings. The van der Waals surface area contributed by atoms with Gasteiger partial charge in [-0.25, -0.2) is 13.1 Å². The minimum Gasteiger partial charge on any atom is -0.490 e. The number of nitrogens with one attached hydrogen (secondary N) is 1. The molecular weight excluding hydrogens is 610 g/mol. The van der Waals surface area contributed by atoms with Gasteiger partial charge in [-0.1, -0.05) is 31.5 Å². The van der Waals surface area contributed by atoms with Crippen LogP contribution < -0.4 is 14.4 Å². The highest BCUT2D eigenvalue weighted by molar-refractivity contribution is 7.90. The lowest BCUT2D eigenvalue weighted by Gasteiger charge is -2.50. The van der Waals surface area contributed by atoms with Gasteiger partial charge in [0, 0.05) is 29.4 Å². The Bertz CT molecular complexity index is 1680. The Balaban J connectivity index is 1.33. The van der Waals surface area contributed by atoms with Crippen LogP contribution in [0.15, 0.2) is 41.3 Å². The van der Waals surface area contributed by atoms with Crippen molar-refractivity contribution in [2.24, 2.45) is 35.5 Å². The lowest BCUT2D eigenvalue weighted by Crippen LogP contribution is -2.54. The molecule has 1 spiro atoms. The van der Waals surface area contributed by atoms with Gasteiger partial charge in [-0.05, 0) is 116 Å². The average molecular weight is 652 g/mol. The number of hydrogen-bond donors (Lipinski definition) is 2. The van der Waals surface area contributed by atoms with Gasteiger partial charge in [-0.2, -0.15) is 5.26 Å². The van der Waals surface area contributed by atoms with Crippen molar-refractivity contribution < 1.29 is 23.1 Å². The van der Waals surface area contributed by atoms with E-state index in [-0.39, 0.29) is 46.3 Å². The third-order valence-electron chi connectivity index (χ3n) is 11.9. The maximum Gasteiger partial charge on any atom is 0.264 e. The molecule has 0 radical (unpaired) electrons. The third-order valence-corrected chi connectivity index (χ3v) is 13.5. The summed E-state index contributed by atoms with van der Waals surface area (Å²) < 4.78 is 36.1. The van der Waals surface area contributed by atoms with Crippen molar-refractivity contribution in [1.29, 1.82) is 5.26 Å². The number of ether oxygens (including phenoxy) is 1. The number of aliphatic hydroxyl groups is 1. The van der Waals surface area contributed by atoms with Crippen molar-refractivity contribution in [2.45, 2.75) is 81.1 Å². The van der Waals surface area contributed by atoms with E-state index < -0.39 is 27.4 Å². The molecule has 8 atom stereocenters. The number of aryl methyl sites for hydroxylation is 1. The predicted octanol–water partition coefficient (Wildman–Crippen LogP) is 5.60. The number of halogens is 1. The Morgan fingerprint density at radius 2 is 1.96 bits per heavy atom. The maximum atomic E-state index is 13.6. The molecule has 2 unspecified atom stereocenters. The molecule has 2 aromatic carbocycles. The number of amides is 1. The summed E-state index contributed by atoms with van der Waals surface area (Å²) in [5.41, 5.74) is 1.70. The van der Waals surface area contributed by atoms with Crippen molar-refractivity contribution in [2.75, 3.05) is 24.6 Å². The fraction of sp³-hybridized carbons (Fsp3) is 0.600. The summed E-state index contributed by atoms with van der Waals surface area (Å²) in [6, 6.07) is 13.3. The zero-order valence-electron chi connectivity index (χ0n) is 26.0. The molecule has 0 aromatic heterocycles. The second kappa shape index (κ2) is 11.2. The molecule has 2 bridgehead atoms. The smallest absolute Gasteiger partial charge is 0.264 e. The van der Waals surface area contributed by atoms with Crippen molar-refractivity contribution >= 4 is 33.2 Å². The van der Waals surface area contributed by atoms with E-state index in [1.54, 1.807) is 19.1 Å². The SMILES string of the molecule is C[C@H]1CC2CC2[C@@](O)(CC#N)[C@@H]2CC[C@H]2CN2C[C@@]3(CCCc4cc(Cl)ccc43)COc3ccc(cc32)S(=O)(=O)NC(=O)[C@@H]1C. The maximum absolute atomic E-state index is 13.6. The number of sulfonamides is 1. The van der Waals surface area contributed by atoms with E-state index in [2.05, 4.69) is 27.8 Å². The molecule has 3 aliphatic carbocycles. The zero-order chi connectivity index (χ0) is 31.7. The highest BCUT2D eigenvalue weighted by atomic mass is 35.5. The monoisotopic (exact) mass is 651 g/mol. The van der Waals surface area contributed by atoms with E-state index in [1.807, 2.05) is 13.0 Å². The number of rotatable bonds is 1. The van der Waals surface area contributed by atoms with Crippen LogP contribution in [0.3, 0.4) is 0 Å². The second-order valence-electron chi connectivity index (χ2n) is 14.6. The van der Waals surface area contributed by atoms with Gasteiger partial charge in [0.1, 0.15) is 5.75 Å². The largest absolute Gasteiger partial charge is 0.490 e. The molecule has 2 fully saturated rings.